The van der Waals surface area contributed by atoms with Crippen LogP contribution in [0.3, 0.4) is 0 Å². The van der Waals surface area contributed by atoms with Crippen molar-refractivity contribution in [3.05, 3.63) is 0 Å². The van der Waals surface area contributed by atoms with E-state index in [-0.39, 0.29) is 0 Å². The highest BCUT2D eigenvalue weighted by atomic mass is 16.8. The van der Waals surface area contributed by atoms with Crippen LogP contribution in [0.2, 0.25) is 0 Å². The average molecular weight is 178 g/mol. The van der Waals surface area contributed by atoms with E-state index >= 15 is 0 Å². The summed E-state index contributed by atoms with van der Waals surface area (Å²) in [5.74, 6) is -1.62. The quantitative estimate of drug-likeness (QED) is 0.609. The number of methoxy groups -OCH3 is 3. The van der Waals surface area contributed by atoms with Crippen molar-refractivity contribution in [3.8, 4) is 0 Å². The molecule has 4 heteroatoms. The maximum Gasteiger partial charge on any atom is 0.307 e. The lowest BCUT2D eigenvalue weighted by molar-refractivity contribution is -0.381. The fourth-order valence-electron chi connectivity index (χ4n) is 1.06. The fourth-order valence-corrected chi connectivity index (χ4v) is 1.06. The fraction of sp³-hybridized carbons (Fsp3) is 1.00. The molecule has 0 aromatic heterocycles. The molecule has 1 unspecified atom stereocenters. The molecule has 0 saturated carbocycles. The van der Waals surface area contributed by atoms with Gasteiger partial charge in [0.1, 0.15) is 6.10 Å². The highest BCUT2D eigenvalue weighted by molar-refractivity contribution is 4.67. The summed E-state index contributed by atoms with van der Waals surface area (Å²) in [5, 5.41) is 9.65. The molecular weight excluding hydrogens is 160 g/mol. The van der Waals surface area contributed by atoms with E-state index in [9.17, 15) is 5.11 Å². The predicted octanol–water partition coefficient (Wildman–Crippen LogP) is 0.740. The second kappa shape index (κ2) is 5.48. The van der Waals surface area contributed by atoms with E-state index in [4.69, 9.17) is 14.2 Å². The Morgan fingerprint density at radius 1 is 1.25 bits per heavy atom. The molecule has 0 aliphatic heterocycles. The van der Waals surface area contributed by atoms with Crippen LogP contribution in [0.25, 0.3) is 0 Å². The molecule has 0 amide bonds. The molecule has 4 nitrogen and oxygen atoms in total. The molecule has 0 aromatic carbocycles. The summed E-state index contributed by atoms with van der Waals surface area (Å²) in [6.07, 6.45) is 1.14. The maximum absolute atomic E-state index is 9.65. The standard InChI is InChI=1S/C8H18O4/c1-5-6-7(10-2)8(9,11-3)12-4/h7,9H,5-6H2,1-4H3. The van der Waals surface area contributed by atoms with Crippen molar-refractivity contribution < 1.29 is 19.3 Å². The first-order chi connectivity index (χ1) is 5.64. The zero-order valence-corrected chi connectivity index (χ0v) is 8.16. The monoisotopic (exact) mass is 178 g/mol. The lowest BCUT2D eigenvalue weighted by Gasteiger charge is -2.31. The van der Waals surface area contributed by atoms with E-state index in [0.717, 1.165) is 6.42 Å². The minimum atomic E-state index is -1.62. The molecule has 0 bridgehead atoms. The van der Waals surface area contributed by atoms with E-state index in [2.05, 4.69) is 0 Å². The van der Waals surface area contributed by atoms with Crippen molar-refractivity contribution in [3.63, 3.8) is 0 Å². The lowest BCUT2D eigenvalue weighted by atomic mass is 10.2. The van der Waals surface area contributed by atoms with Crippen LogP contribution in [0, 0.1) is 0 Å². The van der Waals surface area contributed by atoms with Crippen molar-refractivity contribution in [1.29, 1.82) is 0 Å². The Kier molecular flexibility index (Phi) is 5.41. The van der Waals surface area contributed by atoms with Crippen LogP contribution in [0.15, 0.2) is 0 Å². The van der Waals surface area contributed by atoms with E-state index in [1.165, 1.54) is 21.3 Å². The first-order valence-electron chi connectivity index (χ1n) is 4.00. The number of aliphatic hydroxyl groups is 1. The number of hydrogen-bond donors (Lipinski definition) is 1. The average Bonchev–Trinajstić information content (AvgIpc) is 2.13. The Balaban J connectivity index is 4.21. The van der Waals surface area contributed by atoms with Gasteiger partial charge in [-0.15, -0.1) is 0 Å². The van der Waals surface area contributed by atoms with Gasteiger partial charge in [0, 0.05) is 21.3 Å². The van der Waals surface area contributed by atoms with Crippen LogP contribution in [0.5, 0.6) is 0 Å². The summed E-state index contributed by atoms with van der Waals surface area (Å²) in [6, 6.07) is 0. The van der Waals surface area contributed by atoms with E-state index in [1.54, 1.807) is 0 Å². The van der Waals surface area contributed by atoms with Gasteiger partial charge in [-0.1, -0.05) is 13.3 Å². The zero-order valence-electron chi connectivity index (χ0n) is 8.16. The maximum atomic E-state index is 9.65. The second-order valence-corrected chi connectivity index (χ2v) is 2.55. The Hall–Kier alpha value is -0.160. The summed E-state index contributed by atoms with van der Waals surface area (Å²) in [5.41, 5.74) is 0. The van der Waals surface area contributed by atoms with Gasteiger partial charge < -0.3 is 19.3 Å². The van der Waals surface area contributed by atoms with Crippen LogP contribution in [0.4, 0.5) is 0 Å². The summed E-state index contributed by atoms with van der Waals surface area (Å²) in [6.45, 7) is 2.00. The van der Waals surface area contributed by atoms with Crippen molar-refractivity contribution in [2.45, 2.75) is 31.8 Å². The van der Waals surface area contributed by atoms with E-state index in [0.29, 0.717) is 6.42 Å². The molecule has 0 aliphatic rings. The van der Waals surface area contributed by atoms with Gasteiger partial charge >= 0.3 is 5.97 Å². The Labute approximate surface area is 73.4 Å². The topological polar surface area (TPSA) is 47.9 Å². The van der Waals surface area contributed by atoms with Crippen LogP contribution < -0.4 is 0 Å². The molecule has 12 heavy (non-hydrogen) atoms. The number of hydrogen-bond acceptors (Lipinski definition) is 4. The van der Waals surface area contributed by atoms with Crippen LogP contribution in [0.1, 0.15) is 19.8 Å². The molecule has 74 valence electrons. The van der Waals surface area contributed by atoms with E-state index in [1.807, 2.05) is 6.92 Å². The molecule has 0 rings (SSSR count). The molecule has 0 spiro atoms. The van der Waals surface area contributed by atoms with Gasteiger partial charge in [-0.3, -0.25) is 0 Å². The van der Waals surface area contributed by atoms with Crippen molar-refractivity contribution >= 4 is 0 Å². The largest absolute Gasteiger partial charge is 0.373 e. The smallest absolute Gasteiger partial charge is 0.307 e. The predicted molar refractivity (Wildman–Crippen MR) is 44.7 cm³/mol. The third-order valence-electron chi connectivity index (χ3n) is 1.83. The lowest BCUT2D eigenvalue weighted by Crippen LogP contribution is -2.46. The molecule has 1 atom stereocenters. The van der Waals surface area contributed by atoms with Gasteiger partial charge in [0.2, 0.25) is 0 Å². The second-order valence-electron chi connectivity index (χ2n) is 2.55. The highest BCUT2D eigenvalue weighted by Crippen LogP contribution is 2.19. The Morgan fingerprint density at radius 2 is 1.75 bits per heavy atom. The molecule has 0 radical (unpaired) electrons. The van der Waals surface area contributed by atoms with Gasteiger partial charge in [-0.25, -0.2) is 0 Å². The molecule has 0 saturated heterocycles. The highest BCUT2D eigenvalue weighted by Gasteiger charge is 2.37. The summed E-state index contributed by atoms with van der Waals surface area (Å²) >= 11 is 0. The van der Waals surface area contributed by atoms with Crippen LogP contribution in [-0.4, -0.2) is 38.5 Å². The van der Waals surface area contributed by atoms with E-state index < -0.39 is 12.1 Å². The molecule has 0 aliphatic carbocycles. The van der Waals surface area contributed by atoms with Gasteiger partial charge in [0.25, 0.3) is 0 Å². The Morgan fingerprint density at radius 3 is 2.00 bits per heavy atom. The van der Waals surface area contributed by atoms with Crippen LogP contribution in [-0.2, 0) is 14.2 Å². The third-order valence-corrected chi connectivity index (χ3v) is 1.83. The van der Waals surface area contributed by atoms with Crippen molar-refractivity contribution in [1.82, 2.24) is 0 Å². The summed E-state index contributed by atoms with van der Waals surface area (Å²) in [7, 11) is 4.28. The molecular formula is C8H18O4. The first-order valence-corrected chi connectivity index (χ1v) is 4.00. The summed E-state index contributed by atoms with van der Waals surface area (Å²) in [4.78, 5) is 0. The van der Waals surface area contributed by atoms with Crippen LogP contribution >= 0.6 is 0 Å². The zero-order chi connectivity index (χ0) is 9.61. The first kappa shape index (κ1) is 11.8. The van der Waals surface area contributed by atoms with Gasteiger partial charge in [-0.05, 0) is 6.42 Å². The SMILES string of the molecule is CCCC(OC)C(O)(OC)OC. The number of rotatable bonds is 6. The molecule has 0 heterocycles. The third kappa shape index (κ3) is 2.71. The minimum absolute atomic E-state index is 0.447. The van der Waals surface area contributed by atoms with Gasteiger partial charge in [0.15, 0.2) is 0 Å². The van der Waals surface area contributed by atoms with Crippen molar-refractivity contribution in [2.75, 3.05) is 21.3 Å². The van der Waals surface area contributed by atoms with Crippen molar-refractivity contribution in [2.24, 2.45) is 0 Å². The van der Waals surface area contributed by atoms with Gasteiger partial charge in [0.05, 0.1) is 0 Å². The van der Waals surface area contributed by atoms with Gasteiger partial charge in [-0.2, -0.15) is 0 Å². The Bertz CT molecular complexity index is 112. The molecule has 1 N–H and O–H groups in total. The normalized spacial score (nSPS) is 14.8. The number of ether oxygens (including phenoxy) is 3. The molecule has 0 fully saturated rings. The minimum Gasteiger partial charge on any atom is -0.373 e. The molecule has 0 aromatic rings. The summed E-state index contributed by atoms with van der Waals surface area (Å²) < 4.78 is 14.6.